The van der Waals surface area contributed by atoms with E-state index in [0.29, 0.717) is 32.2 Å². The van der Waals surface area contributed by atoms with E-state index in [0.717, 1.165) is 31.2 Å². The van der Waals surface area contributed by atoms with Gasteiger partial charge in [-0.15, -0.1) is 24.0 Å². The molecule has 1 aromatic carbocycles. The van der Waals surface area contributed by atoms with E-state index in [9.17, 15) is 8.42 Å². The summed E-state index contributed by atoms with van der Waals surface area (Å²) in [5.41, 5.74) is 3.66. The number of aryl methyl sites for hydroxylation is 1. The van der Waals surface area contributed by atoms with Crippen LogP contribution in [-0.4, -0.2) is 64.0 Å². The average Bonchev–Trinajstić information content (AvgIpc) is 3.17. The topological polar surface area (TPSA) is 108 Å². The molecule has 1 unspecified atom stereocenters. The van der Waals surface area contributed by atoms with Crippen LogP contribution >= 0.6 is 24.0 Å². The highest BCUT2D eigenvalue weighted by Crippen LogP contribution is 2.22. The molecule has 0 amide bonds. The van der Waals surface area contributed by atoms with Crippen LogP contribution < -0.4 is 15.4 Å². The molecule has 0 spiro atoms. The smallest absolute Gasteiger partial charge is 0.213 e. The molecule has 1 aliphatic rings. The van der Waals surface area contributed by atoms with Crippen molar-refractivity contribution in [1.29, 1.82) is 0 Å². The zero-order chi connectivity index (χ0) is 22.1. The number of rotatable bonds is 10. The van der Waals surface area contributed by atoms with Crippen molar-refractivity contribution in [2.45, 2.75) is 45.6 Å². The summed E-state index contributed by atoms with van der Waals surface area (Å²) in [6.45, 7) is 6.78. The highest BCUT2D eigenvalue weighted by atomic mass is 127. The van der Waals surface area contributed by atoms with E-state index in [2.05, 4.69) is 56.7 Å². The third kappa shape index (κ3) is 8.20. The number of guanidine groups is 1. The predicted octanol–water partition coefficient (Wildman–Crippen LogP) is 2.68. The molecule has 2 heterocycles. The highest BCUT2D eigenvalue weighted by molar-refractivity contribution is 14.0. The minimum absolute atomic E-state index is 0. The number of benzene rings is 1. The van der Waals surface area contributed by atoms with Gasteiger partial charge in [0.1, 0.15) is 0 Å². The summed E-state index contributed by atoms with van der Waals surface area (Å²) in [6.07, 6.45) is 5.93. The Morgan fingerprint density at radius 3 is 2.88 bits per heavy atom. The number of aromatic nitrogens is 1. The van der Waals surface area contributed by atoms with Crippen molar-refractivity contribution in [2.75, 3.05) is 38.5 Å². The summed E-state index contributed by atoms with van der Waals surface area (Å²) < 4.78 is 32.7. The Kier molecular flexibility index (Phi) is 11.2. The van der Waals surface area contributed by atoms with E-state index in [1.54, 1.807) is 0 Å². The molecule has 1 aromatic heterocycles. The summed E-state index contributed by atoms with van der Waals surface area (Å²) in [7, 11) is -3.37. The van der Waals surface area contributed by atoms with E-state index in [-0.39, 0.29) is 42.4 Å². The minimum Gasteiger partial charge on any atom is -0.377 e. The third-order valence-electron chi connectivity index (χ3n) is 5.46. The first-order chi connectivity index (χ1) is 15.0. The van der Waals surface area contributed by atoms with Gasteiger partial charge in [0.2, 0.25) is 10.0 Å². The van der Waals surface area contributed by atoms with Crippen molar-refractivity contribution in [2.24, 2.45) is 4.99 Å². The van der Waals surface area contributed by atoms with Crippen LogP contribution in [0, 0.1) is 6.92 Å². The SMILES string of the molecule is CCNC(=NCCS(=O)(=O)NCC1CCCCO1)NCCc1c[nH]c2cccc(C)c12.I. The molecule has 4 N–H and O–H groups in total. The van der Waals surface area contributed by atoms with E-state index in [1.165, 1.54) is 16.5 Å². The Morgan fingerprint density at radius 2 is 2.12 bits per heavy atom. The molecular weight excluding hydrogens is 541 g/mol. The minimum atomic E-state index is -3.37. The molecule has 32 heavy (non-hydrogen) atoms. The molecule has 8 nitrogen and oxygen atoms in total. The van der Waals surface area contributed by atoms with Gasteiger partial charge in [-0.05, 0) is 56.7 Å². The summed E-state index contributed by atoms with van der Waals surface area (Å²) >= 11 is 0. The van der Waals surface area contributed by atoms with Crippen LogP contribution in [-0.2, 0) is 21.2 Å². The first-order valence-corrected chi connectivity index (χ1v) is 12.8. The largest absolute Gasteiger partial charge is 0.377 e. The lowest BCUT2D eigenvalue weighted by Gasteiger charge is -2.22. The van der Waals surface area contributed by atoms with Crippen molar-refractivity contribution >= 4 is 50.9 Å². The van der Waals surface area contributed by atoms with Crippen molar-refractivity contribution in [3.8, 4) is 0 Å². The van der Waals surface area contributed by atoms with Gasteiger partial charge in [0, 0.05) is 43.3 Å². The van der Waals surface area contributed by atoms with Gasteiger partial charge in [-0.2, -0.15) is 0 Å². The third-order valence-corrected chi connectivity index (χ3v) is 6.79. The second kappa shape index (κ2) is 13.4. The fourth-order valence-electron chi connectivity index (χ4n) is 3.84. The van der Waals surface area contributed by atoms with Gasteiger partial charge in [0.05, 0.1) is 18.4 Å². The van der Waals surface area contributed by atoms with Crippen LogP contribution in [0.4, 0.5) is 0 Å². The number of nitrogens with one attached hydrogen (secondary N) is 4. The number of H-pyrrole nitrogens is 1. The Morgan fingerprint density at radius 1 is 1.28 bits per heavy atom. The van der Waals surface area contributed by atoms with Crippen LogP contribution in [0.1, 0.15) is 37.3 Å². The number of sulfonamides is 1. The van der Waals surface area contributed by atoms with Gasteiger partial charge in [-0.3, -0.25) is 4.99 Å². The molecule has 0 aliphatic carbocycles. The van der Waals surface area contributed by atoms with E-state index < -0.39 is 10.0 Å². The zero-order valence-corrected chi connectivity index (χ0v) is 22.1. The van der Waals surface area contributed by atoms with Crippen LogP contribution in [0.25, 0.3) is 10.9 Å². The lowest BCUT2D eigenvalue weighted by atomic mass is 10.1. The summed E-state index contributed by atoms with van der Waals surface area (Å²) in [6, 6.07) is 6.25. The number of ether oxygens (including phenoxy) is 1. The van der Waals surface area contributed by atoms with Gasteiger partial charge in [-0.1, -0.05) is 12.1 Å². The van der Waals surface area contributed by atoms with Crippen molar-refractivity contribution < 1.29 is 13.2 Å². The molecule has 0 radical (unpaired) electrons. The maximum Gasteiger partial charge on any atom is 0.213 e. The first-order valence-electron chi connectivity index (χ1n) is 11.1. The Balaban J connectivity index is 0.00000363. The number of fused-ring (bicyclic) bond motifs is 1. The number of nitrogens with zero attached hydrogens (tertiary/aromatic N) is 1. The number of aliphatic imine (C=N–C) groups is 1. The standard InChI is InChI=1S/C22H35N5O3S.HI/c1-3-23-22(24-11-10-18-15-26-20-9-6-7-17(2)21(18)20)25-12-14-31(28,29)27-16-19-8-4-5-13-30-19;/h6-7,9,15,19,26-27H,3-5,8,10-14,16H2,1-2H3,(H2,23,24,25);1H. The van der Waals surface area contributed by atoms with E-state index in [4.69, 9.17) is 4.74 Å². The van der Waals surface area contributed by atoms with Gasteiger partial charge in [0.15, 0.2) is 5.96 Å². The lowest BCUT2D eigenvalue weighted by Crippen LogP contribution is -2.39. The second-order valence-electron chi connectivity index (χ2n) is 7.90. The normalized spacial score (nSPS) is 17.2. The number of hydrogen-bond acceptors (Lipinski definition) is 4. The molecular formula is C22H36IN5O3S. The lowest BCUT2D eigenvalue weighted by molar-refractivity contribution is 0.0200. The predicted molar refractivity (Wildman–Crippen MR) is 142 cm³/mol. The summed E-state index contributed by atoms with van der Waals surface area (Å²) in [4.78, 5) is 7.75. The molecule has 3 rings (SSSR count). The monoisotopic (exact) mass is 577 g/mol. The molecule has 1 atom stereocenters. The van der Waals surface area contributed by atoms with Crippen LogP contribution in [0.5, 0.6) is 0 Å². The summed E-state index contributed by atoms with van der Waals surface area (Å²) in [5, 5.41) is 7.75. The van der Waals surface area contributed by atoms with Crippen molar-refractivity contribution in [1.82, 2.24) is 20.3 Å². The van der Waals surface area contributed by atoms with Gasteiger partial charge >= 0.3 is 0 Å². The Labute approximate surface area is 208 Å². The molecule has 180 valence electrons. The van der Waals surface area contributed by atoms with Gasteiger partial charge in [-0.25, -0.2) is 13.1 Å². The van der Waals surface area contributed by atoms with E-state index >= 15 is 0 Å². The zero-order valence-electron chi connectivity index (χ0n) is 18.9. The highest BCUT2D eigenvalue weighted by Gasteiger charge is 2.17. The fraction of sp³-hybridized carbons (Fsp3) is 0.591. The van der Waals surface area contributed by atoms with Crippen LogP contribution in [0.3, 0.4) is 0 Å². The second-order valence-corrected chi connectivity index (χ2v) is 9.83. The molecule has 0 saturated carbocycles. The van der Waals surface area contributed by atoms with Gasteiger partial charge in [0.25, 0.3) is 0 Å². The number of aromatic amines is 1. The summed E-state index contributed by atoms with van der Waals surface area (Å²) in [5.74, 6) is 0.586. The fourth-order valence-corrected chi connectivity index (χ4v) is 4.76. The maximum atomic E-state index is 12.3. The average molecular weight is 578 g/mol. The van der Waals surface area contributed by atoms with Crippen molar-refractivity contribution in [3.05, 3.63) is 35.5 Å². The van der Waals surface area contributed by atoms with Crippen molar-refractivity contribution in [3.63, 3.8) is 0 Å². The quantitative estimate of drug-likeness (QED) is 0.197. The van der Waals surface area contributed by atoms with E-state index in [1.807, 2.05) is 6.92 Å². The maximum absolute atomic E-state index is 12.3. The Hall–Kier alpha value is -1.37. The molecule has 10 heteroatoms. The number of halogens is 1. The Bertz CT molecular complexity index is 971. The van der Waals surface area contributed by atoms with Gasteiger partial charge < -0.3 is 20.4 Å². The molecule has 1 fully saturated rings. The molecule has 1 aliphatic heterocycles. The molecule has 0 bridgehead atoms. The van der Waals surface area contributed by atoms with Crippen LogP contribution in [0.15, 0.2) is 29.4 Å². The first kappa shape index (κ1) is 26.9. The molecule has 1 saturated heterocycles. The number of hydrogen-bond donors (Lipinski definition) is 4. The van der Waals surface area contributed by atoms with Crippen LogP contribution in [0.2, 0.25) is 0 Å². The molecule has 2 aromatic rings.